The summed E-state index contributed by atoms with van der Waals surface area (Å²) in [6, 6.07) is 9.47. The van der Waals surface area contributed by atoms with Gasteiger partial charge in [0, 0.05) is 10.7 Å². The van der Waals surface area contributed by atoms with Crippen LogP contribution in [-0.4, -0.2) is 15.7 Å². The van der Waals surface area contributed by atoms with E-state index in [0.717, 1.165) is 12.3 Å². The molecule has 140 valence electrons. The predicted molar refractivity (Wildman–Crippen MR) is 92.7 cm³/mol. The number of amides is 1. The lowest BCUT2D eigenvalue weighted by Gasteiger charge is -2.13. The standard InChI is InChI=1S/C18H12ClF4N3O/c1-10-5-6-12(8-15(10)20)25-17(27)14-9-24-26(16(14)18(21,22)23)13-4-2-3-11(19)7-13/h2-9H,1H3,(H,25,27). The number of carbonyl (C=O) groups is 1. The number of anilines is 1. The molecule has 0 aliphatic rings. The zero-order chi connectivity index (χ0) is 19.8. The molecule has 0 fully saturated rings. The van der Waals surface area contributed by atoms with Crippen LogP contribution in [0.25, 0.3) is 5.69 Å². The van der Waals surface area contributed by atoms with E-state index in [1.807, 2.05) is 0 Å². The van der Waals surface area contributed by atoms with E-state index >= 15 is 0 Å². The Labute approximate surface area is 156 Å². The van der Waals surface area contributed by atoms with E-state index < -0.39 is 29.2 Å². The molecule has 4 nitrogen and oxygen atoms in total. The van der Waals surface area contributed by atoms with Gasteiger partial charge in [-0.3, -0.25) is 4.79 Å². The molecule has 0 radical (unpaired) electrons. The third-order valence-corrected chi connectivity index (χ3v) is 4.00. The summed E-state index contributed by atoms with van der Waals surface area (Å²) in [5.41, 5.74) is -1.52. The highest BCUT2D eigenvalue weighted by atomic mass is 35.5. The molecule has 0 aliphatic heterocycles. The van der Waals surface area contributed by atoms with Gasteiger partial charge in [-0.2, -0.15) is 18.3 Å². The Bertz CT molecular complexity index is 1010. The first-order chi connectivity index (χ1) is 12.7. The van der Waals surface area contributed by atoms with Crippen LogP contribution >= 0.6 is 11.6 Å². The van der Waals surface area contributed by atoms with Crippen molar-refractivity contribution in [3.63, 3.8) is 0 Å². The number of alkyl halides is 3. The summed E-state index contributed by atoms with van der Waals surface area (Å²) in [6.45, 7) is 1.53. The third-order valence-electron chi connectivity index (χ3n) is 3.76. The molecule has 27 heavy (non-hydrogen) atoms. The van der Waals surface area contributed by atoms with E-state index in [-0.39, 0.29) is 16.4 Å². The van der Waals surface area contributed by atoms with Crippen molar-refractivity contribution in [2.75, 3.05) is 5.32 Å². The van der Waals surface area contributed by atoms with E-state index in [1.54, 1.807) is 0 Å². The first-order valence-electron chi connectivity index (χ1n) is 7.65. The van der Waals surface area contributed by atoms with Crippen LogP contribution in [0.1, 0.15) is 21.6 Å². The number of aryl methyl sites for hydroxylation is 1. The Balaban J connectivity index is 2.02. The van der Waals surface area contributed by atoms with Gasteiger partial charge in [0.2, 0.25) is 0 Å². The second kappa shape index (κ2) is 7.03. The molecule has 0 bridgehead atoms. The zero-order valence-corrected chi connectivity index (χ0v) is 14.6. The molecule has 1 heterocycles. The molecule has 1 amide bonds. The number of hydrogen-bond acceptors (Lipinski definition) is 2. The van der Waals surface area contributed by atoms with Crippen LogP contribution in [0.2, 0.25) is 5.02 Å². The maximum atomic E-state index is 13.6. The van der Waals surface area contributed by atoms with Crippen LogP contribution in [0.3, 0.4) is 0 Å². The van der Waals surface area contributed by atoms with Crippen molar-refractivity contribution in [1.29, 1.82) is 0 Å². The second-order valence-corrected chi connectivity index (χ2v) is 6.15. The van der Waals surface area contributed by atoms with Crippen molar-refractivity contribution in [1.82, 2.24) is 9.78 Å². The van der Waals surface area contributed by atoms with Gasteiger partial charge in [-0.05, 0) is 42.8 Å². The number of nitrogens with one attached hydrogen (secondary N) is 1. The Kier molecular flexibility index (Phi) is 4.93. The number of rotatable bonds is 3. The van der Waals surface area contributed by atoms with Crippen molar-refractivity contribution in [3.05, 3.63) is 76.3 Å². The van der Waals surface area contributed by atoms with Crippen LogP contribution in [0.4, 0.5) is 23.2 Å². The number of halogens is 5. The van der Waals surface area contributed by atoms with E-state index in [4.69, 9.17) is 11.6 Å². The smallest absolute Gasteiger partial charge is 0.322 e. The molecule has 0 atom stereocenters. The molecule has 0 aliphatic carbocycles. The van der Waals surface area contributed by atoms with Gasteiger partial charge in [0.05, 0.1) is 17.4 Å². The Morgan fingerprint density at radius 3 is 2.56 bits per heavy atom. The minimum Gasteiger partial charge on any atom is -0.322 e. The molecule has 0 saturated carbocycles. The Morgan fingerprint density at radius 1 is 1.19 bits per heavy atom. The molecular formula is C18H12ClF4N3O. The monoisotopic (exact) mass is 397 g/mol. The second-order valence-electron chi connectivity index (χ2n) is 5.71. The molecular weight excluding hydrogens is 386 g/mol. The van der Waals surface area contributed by atoms with Gasteiger partial charge in [0.1, 0.15) is 5.82 Å². The normalized spacial score (nSPS) is 11.5. The van der Waals surface area contributed by atoms with Gasteiger partial charge in [0.25, 0.3) is 5.91 Å². The molecule has 0 saturated heterocycles. The molecule has 3 aromatic rings. The fraction of sp³-hybridized carbons (Fsp3) is 0.111. The van der Waals surface area contributed by atoms with Crippen molar-refractivity contribution in [2.45, 2.75) is 13.1 Å². The van der Waals surface area contributed by atoms with Crippen LogP contribution in [-0.2, 0) is 6.18 Å². The topological polar surface area (TPSA) is 46.9 Å². The predicted octanol–water partition coefficient (Wildman–Crippen LogP) is 5.24. The first kappa shape index (κ1) is 18.9. The Hall–Kier alpha value is -2.87. The van der Waals surface area contributed by atoms with Crippen LogP contribution in [0.15, 0.2) is 48.7 Å². The summed E-state index contributed by atoms with van der Waals surface area (Å²) >= 11 is 5.83. The van der Waals surface area contributed by atoms with E-state index in [9.17, 15) is 22.4 Å². The average Bonchev–Trinajstić information content (AvgIpc) is 3.04. The van der Waals surface area contributed by atoms with Gasteiger partial charge in [-0.15, -0.1) is 0 Å². The lowest BCUT2D eigenvalue weighted by molar-refractivity contribution is -0.143. The minimum atomic E-state index is -4.86. The number of benzene rings is 2. The van der Waals surface area contributed by atoms with Gasteiger partial charge >= 0.3 is 6.18 Å². The molecule has 1 N–H and O–H groups in total. The highest BCUT2D eigenvalue weighted by Crippen LogP contribution is 2.34. The quantitative estimate of drug-likeness (QED) is 0.614. The van der Waals surface area contributed by atoms with E-state index in [2.05, 4.69) is 10.4 Å². The summed E-state index contributed by atoms with van der Waals surface area (Å²) < 4.78 is 55.0. The van der Waals surface area contributed by atoms with Gasteiger partial charge < -0.3 is 5.32 Å². The van der Waals surface area contributed by atoms with Crippen LogP contribution in [0.5, 0.6) is 0 Å². The highest BCUT2D eigenvalue weighted by molar-refractivity contribution is 6.30. The van der Waals surface area contributed by atoms with Crippen LogP contribution in [0, 0.1) is 12.7 Å². The van der Waals surface area contributed by atoms with E-state index in [1.165, 1.54) is 43.3 Å². The number of carbonyl (C=O) groups excluding carboxylic acids is 1. The summed E-state index contributed by atoms with van der Waals surface area (Å²) in [6.07, 6.45) is -4.05. The average molecular weight is 398 g/mol. The molecule has 0 spiro atoms. The summed E-state index contributed by atoms with van der Waals surface area (Å²) in [5, 5.41) is 6.17. The SMILES string of the molecule is Cc1ccc(NC(=O)c2cnn(-c3cccc(Cl)c3)c2C(F)(F)F)cc1F. The largest absolute Gasteiger partial charge is 0.434 e. The molecule has 3 rings (SSSR count). The maximum Gasteiger partial charge on any atom is 0.434 e. The van der Waals surface area contributed by atoms with Gasteiger partial charge in [-0.25, -0.2) is 9.07 Å². The minimum absolute atomic E-state index is 0.0340. The molecule has 2 aromatic carbocycles. The number of hydrogen-bond donors (Lipinski definition) is 1. The van der Waals surface area contributed by atoms with E-state index in [0.29, 0.717) is 10.2 Å². The van der Waals surface area contributed by atoms with Gasteiger partial charge in [-0.1, -0.05) is 23.7 Å². The molecule has 0 unspecified atom stereocenters. The zero-order valence-electron chi connectivity index (χ0n) is 13.8. The lowest BCUT2D eigenvalue weighted by atomic mass is 10.2. The Morgan fingerprint density at radius 2 is 1.93 bits per heavy atom. The fourth-order valence-corrected chi connectivity index (χ4v) is 2.64. The van der Waals surface area contributed by atoms with Crippen molar-refractivity contribution in [3.8, 4) is 5.69 Å². The van der Waals surface area contributed by atoms with Crippen molar-refractivity contribution >= 4 is 23.2 Å². The summed E-state index contributed by atoms with van der Waals surface area (Å²) in [7, 11) is 0. The molecule has 9 heteroatoms. The van der Waals surface area contributed by atoms with Crippen molar-refractivity contribution < 1.29 is 22.4 Å². The van der Waals surface area contributed by atoms with Crippen molar-refractivity contribution in [2.24, 2.45) is 0 Å². The summed E-state index contributed by atoms with van der Waals surface area (Å²) in [4.78, 5) is 12.4. The summed E-state index contributed by atoms with van der Waals surface area (Å²) in [5.74, 6) is -1.64. The fourth-order valence-electron chi connectivity index (χ4n) is 2.46. The first-order valence-corrected chi connectivity index (χ1v) is 8.03. The number of nitrogens with zero attached hydrogens (tertiary/aromatic N) is 2. The van der Waals surface area contributed by atoms with Gasteiger partial charge in [0.15, 0.2) is 5.69 Å². The third kappa shape index (κ3) is 3.95. The number of aromatic nitrogens is 2. The lowest BCUT2D eigenvalue weighted by Crippen LogP contribution is -2.20. The maximum absolute atomic E-state index is 13.6. The molecule has 1 aromatic heterocycles. The van der Waals surface area contributed by atoms with Crippen LogP contribution < -0.4 is 5.32 Å². The highest BCUT2D eigenvalue weighted by Gasteiger charge is 2.40.